The molecule has 0 atom stereocenters. The van der Waals surface area contributed by atoms with E-state index in [1.807, 2.05) is 6.07 Å². The summed E-state index contributed by atoms with van der Waals surface area (Å²) in [5.41, 5.74) is 2.59. The molecular formula is C33H22Cl3NO6. The van der Waals surface area contributed by atoms with Crippen molar-refractivity contribution >= 4 is 57.6 Å². The van der Waals surface area contributed by atoms with Crippen molar-refractivity contribution < 1.29 is 29.0 Å². The van der Waals surface area contributed by atoms with Crippen molar-refractivity contribution in [1.29, 1.82) is 0 Å². The van der Waals surface area contributed by atoms with Gasteiger partial charge >= 0.3 is 5.97 Å². The van der Waals surface area contributed by atoms with Gasteiger partial charge in [0.15, 0.2) is 12.4 Å². The predicted molar refractivity (Wildman–Crippen MR) is 166 cm³/mol. The Hall–Kier alpha value is -4.61. The molecule has 0 radical (unpaired) electrons. The Kier molecular flexibility index (Phi) is 9.13. The first-order valence-corrected chi connectivity index (χ1v) is 14.1. The van der Waals surface area contributed by atoms with Crippen molar-refractivity contribution in [3.8, 4) is 34.7 Å². The Labute approximate surface area is 261 Å². The first-order chi connectivity index (χ1) is 20.7. The van der Waals surface area contributed by atoms with Crippen molar-refractivity contribution in [3.05, 3.63) is 116 Å². The van der Waals surface area contributed by atoms with Crippen molar-refractivity contribution in [3.63, 3.8) is 0 Å². The largest absolute Gasteiger partial charge is 0.507 e. The van der Waals surface area contributed by atoms with E-state index in [1.54, 1.807) is 60.7 Å². The van der Waals surface area contributed by atoms with E-state index in [4.69, 9.17) is 44.0 Å². The summed E-state index contributed by atoms with van der Waals surface area (Å²) in [6, 6.07) is 21.6. The smallest absolute Gasteiger partial charge is 0.339 e. The number of phenols is 1. The molecule has 1 aromatic heterocycles. The molecule has 1 amide bonds. The average molecular weight is 635 g/mol. The van der Waals surface area contributed by atoms with Crippen LogP contribution in [0, 0.1) is 11.8 Å². The van der Waals surface area contributed by atoms with Crippen molar-refractivity contribution in [1.82, 2.24) is 5.32 Å². The number of nitrogens with one attached hydrogen (secondary N) is 1. The fraction of sp³-hybridized carbons (Fsp3) is 0.0909. The van der Waals surface area contributed by atoms with Crippen LogP contribution in [0.25, 0.3) is 22.3 Å². The van der Waals surface area contributed by atoms with Gasteiger partial charge < -0.3 is 24.7 Å². The van der Waals surface area contributed by atoms with E-state index in [0.717, 1.165) is 5.56 Å². The Morgan fingerprint density at radius 3 is 2.40 bits per heavy atom. The van der Waals surface area contributed by atoms with Crippen LogP contribution in [0.15, 0.2) is 83.3 Å². The lowest BCUT2D eigenvalue weighted by atomic mass is 10.0. The maximum absolute atomic E-state index is 12.3. The summed E-state index contributed by atoms with van der Waals surface area (Å²) in [4.78, 5) is 24.0. The Balaban J connectivity index is 1.33. The zero-order valence-corrected chi connectivity index (χ0v) is 24.6. The molecule has 0 saturated heterocycles. The van der Waals surface area contributed by atoms with Crippen LogP contribution in [0.4, 0.5) is 0 Å². The second-order valence-electron chi connectivity index (χ2n) is 9.39. The van der Waals surface area contributed by atoms with Gasteiger partial charge in [0, 0.05) is 44.2 Å². The summed E-state index contributed by atoms with van der Waals surface area (Å²) in [5.74, 6) is 4.95. The minimum atomic E-state index is -1.28. The topological polar surface area (TPSA) is 109 Å². The van der Waals surface area contributed by atoms with Gasteiger partial charge in [-0.1, -0.05) is 58.8 Å². The zero-order chi connectivity index (χ0) is 30.5. The van der Waals surface area contributed by atoms with E-state index >= 15 is 0 Å². The summed E-state index contributed by atoms with van der Waals surface area (Å²) < 4.78 is 11.7. The molecule has 0 unspecified atom stereocenters. The fourth-order valence-corrected chi connectivity index (χ4v) is 4.99. The molecule has 0 saturated carbocycles. The third-order valence-electron chi connectivity index (χ3n) is 6.41. The molecule has 0 aliphatic rings. The highest BCUT2D eigenvalue weighted by molar-refractivity contribution is 6.35. The Morgan fingerprint density at radius 1 is 0.907 bits per heavy atom. The molecule has 0 fully saturated rings. The number of carboxylic acid groups (broad SMARTS) is 1. The van der Waals surface area contributed by atoms with Crippen molar-refractivity contribution in [2.45, 2.75) is 6.42 Å². The number of rotatable bonds is 8. The molecule has 0 aliphatic carbocycles. The van der Waals surface area contributed by atoms with Crippen LogP contribution < -0.4 is 10.1 Å². The summed E-state index contributed by atoms with van der Waals surface area (Å²) in [6.45, 7) is 0.193. The number of amides is 1. The number of aromatic carboxylic acids is 1. The normalized spacial score (nSPS) is 10.7. The Morgan fingerprint density at radius 2 is 1.67 bits per heavy atom. The van der Waals surface area contributed by atoms with Gasteiger partial charge in [-0.15, -0.1) is 0 Å². The second kappa shape index (κ2) is 13.1. The van der Waals surface area contributed by atoms with Crippen LogP contribution in [0.2, 0.25) is 15.1 Å². The Bertz CT molecular complexity index is 1900. The summed E-state index contributed by atoms with van der Waals surface area (Å²) in [6.07, 6.45) is 0.544. The predicted octanol–water partition coefficient (Wildman–Crippen LogP) is 7.60. The molecular weight excluding hydrogens is 613 g/mol. The van der Waals surface area contributed by atoms with E-state index in [1.165, 1.54) is 12.1 Å². The minimum absolute atomic E-state index is 0.189. The molecule has 3 N–H and O–H groups in total. The second-order valence-corrected chi connectivity index (χ2v) is 10.7. The minimum Gasteiger partial charge on any atom is -0.507 e. The molecule has 0 bridgehead atoms. The molecule has 7 nitrogen and oxygen atoms in total. The maximum atomic E-state index is 12.3. The molecule has 216 valence electrons. The number of hydrogen-bond donors (Lipinski definition) is 3. The van der Waals surface area contributed by atoms with Crippen LogP contribution in [0.5, 0.6) is 11.5 Å². The summed E-state index contributed by atoms with van der Waals surface area (Å²) in [7, 11) is 0. The first-order valence-electron chi connectivity index (χ1n) is 12.9. The van der Waals surface area contributed by atoms with Crippen molar-refractivity contribution in [2.24, 2.45) is 0 Å². The van der Waals surface area contributed by atoms with Gasteiger partial charge in [0.1, 0.15) is 22.6 Å². The molecule has 43 heavy (non-hydrogen) atoms. The molecule has 0 aliphatic heterocycles. The third-order valence-corrected chi connectivity index (χ3v) is 7.23. The number of carboxylic acids is 1. The molecule has 5 rings (SSSR count). The lowest BCUT2D eigenvalue weighted by molar-refractivity contribution is -0.123. The fourth-order valence-electron chi connectivity index (χ4n) is 4.30. The van der Waals surface area contributed by atoms with Gasteiger partial charge in [-0.2, -0.15) is 0 Å². The van der Waals surface area contributed by atoms with E-state index < -0.39 is 11.7 Å². The van der Waals surface area contributed by atoms with Crippen LogP contribution in [-0.2, 0) is 11.2 Å². The number of carbonyl (C=O) groups excluding carboxylic acids is 1. The number of aromatic hydroxyl groups is 1. The highest BCUT2D eigenvalue weighted by Crippen LogP contribution is 2.37. The molecule has 5 aromatic rings. The summed E-state index contributed by atoms with van der Waals surface area (Å²) in [5, 5.41) is 24.6. The number of hydrogen-bond acceptors (Lipinski definition) is 5. The zero-order valence-electron chi connectivity index (χ0n) is 22.3. The van der Waals surface area contributed by atoms with E-state index in [0.29, 0.717) is 61.6 Å². The summed E-state index contributed by atoms with van der Waals surface area (Å²) >= 11 is 18.2. The van der Waals surface area contributed by atoms with E-state index in [-0.39, 0.29) is 23.7 Å². The van der Waals surface area contributed by atoms with Gasteiger partial charge in [0.2, 0.25) is 0 Å². The molecule has 1 heterocycles. The first kappa shape index (κ1) is 29.9. The van der Waals surface area contributed by atoms with Crippen LogP contribution in [-0.4, -0.2) is 35.2 Å². The number of carbonyl (C=O) groups is 2. The number of halogens is 3. The number of fused-ring (bicyclic) bond motifs is 1. The number of ether oxygens (including phenoxy) is 1. The maximum Gasteiger partial charge on any atom is 0.339 e. The van der Waals surface area contributed by atoms with E-state index in [9.17, 15) is 19.8 Å². The van der Waals surface area contributed by atoms with Gasteiger partial charge in [-0.05, 0) is 72.6 Å². The van der Waals surface area contributed by atoms with E-state index in [2.05, 4.69) is 17.2 Å². The standard InChI is InChI=1S/C33H22Cl3NO6/c34-22-3-1-2-19(14-22)4-11-25-26-16-27(33(40)41)29(38)17-30(26)43-32(25)21-6-9-24(10-7-21)42-18-31(39)37-13-12-20-5-8-23(35)15-28(20)36/h1-3,5-10,14-17,38H,12-13,18H2,(H,37,39)(H,40,41). The van der Waals surface area contributed by atoms with Crippen LogP contribution in [0.3, 0.4) is 0 Å². The monoisotopic (exact) mass is 633 g/mol. The van der Waals surface area contributed by atoms with Gasteiger partial charge in [0.05, 0.1) is 5.56 Å². The highest BCUT2D eigenvalue weighted by atomic mass is 35.5. The van der Waals surface area contributed by atoms with Crippen LogP contribution >= 0.6 is 34.8 Å². The molecule has 0 spiro atoms. The van der Waals surface area contributed by atoms with Gasteiger partial charge in [0.25, 0.3) is 5.91 Å². The molecule has 10 heteroatoms. The SMILES string of the molecule is O=C(COc1ccc(-c2oc3cc(O)c(C(=O)O)cc3c2C#Cc2cccc(Cl)c2)cc1)NCCc1ccc(Cl)cc1Cl. The lowest BCUT2D eigenvalue weighted by Gasteiger charge is -2.09. The number of benzene rings is 4. The van der Waals surface area contributed by atoms with Crippen LogP contribution in [0.1, 0.15) is 27.0 Å². The van der Waals surface area contributed by atoms with Gasteiger partial charge in [-0.25, -0.2) is 4.79 Å². The quantitative estimate of drug-likeness (QED) is 0.152. The van der Waals surface area contributed by atoms with Gasteiger partial charge in [-0.3, -0.25) is 4.79 Å². The number of furan rings is 1. The average Bonchev–Trinajstić information content (AvgIpc) is 3.33. The van der Waals surface area contributed by atoms with Crippen molar-refractivity contribution in [2.75, 3.05) is 13.2 Å². The highest BCUT2D eigenvalue weighted by Gasteiger charge is 2.20. The molecule has 4 aromatic carbocycles. The lowest BCUT2D eigenvalue weighted by Crippen LogP contribution is -2.30. The third kappa shape index (κ3) is 7.25.